The Balaban J connectivity index is 1.37. The minimum absolute atomic E-state index is 0.131. The van der Waals surface area contributed by atoms with Crippen molar-refractivity contribution in [2.24, 2.45) is 0 Å². The second kappa shape index (κ2) is 8.31. The summed E-state index contributed by atoms with van der Waals surface area (Å²) < 4.78 is 17.5. The van der Waals surface area contributed by atoms with E-state index in [1.54, 1.807) is 25.3 Å². The third-order valence-electron chi connectivity index (χ3n) is 4.17. The normalized spacial score (nSPS) is 12.4. The molecule has 0 bridgehead atoms. The van der Waals surface area contributed by atoms with Crippen LogP contribution in [0.5, 0.6) is 17.2 Å². The average molecular weight is 413 g/mol. The molecule has 3 aromatic rings. The van der Waals surface area contributed by atoms with Crippen molar-refractivity contribution < 1.29 is 19.0 Å². The van der Waals surface area contributed by atoms with Crippen LogP contribution in [0.4, 0.5) is 5.69 Å². The van der Waals surface area contributed by atoms with Gasteiger partial charge in [-0.2, -0.15) is 0 Å². The lowest BCUT2D eigenvalue weighted by Crippen LogP contribution is -2.18. The minimum atomic E-state index is -0.194. The minimum Gasteiger partial charge on any atom is -0.497 e. The maximum absolute atomic E-state index is 12.3. The van der Waals surface area contributed by atoms with Gasteiger partial charge in [0.1, 0.15) is 19.0 Å². The number of aromatic nitrogens is 3. The molecule has 0 spiro atoms. The van der Waals surface area contributed by atoms with Gasteiger partial charge in [-0.05, 0) is 36.4 Å². The topological polar surface area (TPSA) is 114 Å². The van der Waals surface area contributed by atoms with Crippen LogP contribution in [0.15, 0.2) is 47.6 Å². The molecule has 2 aromatic carbocycles. The van der Waals surface area contributed by atoms with Gasteiger partial charge in [-0.1, -0.05) is 11.8 Å². The van der Waals surface area contributed by atoms with Crippen LogP contribution in [-0.2, 0) is 4.79 Å². The number of fused-ring (bicyclic) bond motifs is 1. The largest absolute Gasteiger partial charge is 0.497 e. The van der Waals surface area contributed by atoms with Gasteiger partial charge in [0.15, 0.2) is 17.3 Å². The summed E-state index contributed by atoms with van der Waals surface area (Å²) in [7, 11) is 1.60. The smallest absolute Gasteiger partial charge is 0.234 e. The molecule has 1 amide bonds. The summed E-state index contributed by atoms with van der Waals surface area (Å²) in [5.74, 6) is 8.57. The number of nitrogens with zero attached hydrogens (tertiary/aromatic N) is 3. The molecule has 0 unspecified atom stereocenters. The van der Waals surface area contributed by atoms with E-state index in [1.807, 2.05) is 24.3 Å². The van der Waals surface area contributed by atoms with E-state index in [9.17, 15) is 4.79 Å². The monoisotopic (exact) mass is 413 g/mol. The number of methoxy groups -OCH3 is 1. The molecule has 1 aliphatic rings. The van der Waals surface area contributed by atoms with Crippen LogP contribution in [0.25, 0.3) is 11.4 Å². The van der Waals surface area contributed by atoms with Gasteiger partial charge in [-0.25, -0.2) is 4.68 Å². The lowest BCUT2D eigenvalue weighted by molar-refractivity contribution is -0.113. The molecule has 2 heterocycles. The number of carbonyl (C=O) groups is 1. The fourth-order valence-electron chi connectivity index (χ4n) is 2.76. The third-order valence-corrected chi connectivity index (χ3v) is 5.11. The van der Waals surface area contributed by atoms with Crippen molar-refractivity contribution in [1.82, 2.24) is 14.9 Å². The number of nitrogens with two attached hydrogens (primary N) is 1. The number of anilines is 1. The van der Waals surface area contributed by atoms with E-state index in [0.717, 1.165) is 11.3 Å². The molecule has 10 heteroatoms. The molecule has 1 aromatic heterocycles. The van der Waals surface area contributed by atoms with E-state index >= 15 is 0 Å². The van der Waals surface area contributed by atoms with E-state index in [-0.39, 0.29) is 11.7 Å². The highest BCUT2D eigenvalue weighted by Crippen LogP contribution is 2.32. The first-order valence-electron chi connectivity index (χ1n) is 8.81. The predicted molar refractivity (Wildman–Crippen MR) is 109 cm³/mol. The predicted octanol–water partition coefficient (Wildman–Crippen LogP) is 2.17. The van der Waals surface area contributed by atoms with Crippen molar-refractivity contribution in [2.45, 2.75) is 5.16 Å². The second-order valence-corrected chi connectivity index (χ2v) is 7.04. The zero-order chi connectivity index (χ0) is 20.2. The maximum atomic E-state index is 12.3. The number of amides is 1. The SMILES string of the molecule is COc1ccc(-c2nnc(SCC(=O)Nc3ccc4c(c3)OCCO4)n2N)cc1. The molecular formula is C19H19N5O4S. The first-order valence-corrected chi connectivity index (χ1v) is 9.80. The fourth-order valence-corrected chi connectivity index (χ4v) is 3.42. The Morgan fingerprint density at radius 1 is 1.17 bits per heavy atom. The maximum Gasteiger partial charge on any atom is 0.234 e. The first kappa shape index (κ1) is 18.9. The van der Waals surface area contributed by atoms with E-state index in [4.69, 9.17) is 20.1 Å². The lowest BCUT2D eigenvalue weighted by atomic mass is 10.2. The van der Waals surface area contributed by atoms with E-state index in [0.29, 0.717) is 41.4 Å². The zero-order valence-electron chi connectivity index (χ0n) is 15.6. The Hall–Kier alpha value is -3.40. The molecule has 4 rings (SSSR count). The quantitative estimate of drug-likeness (QED) is 0.467. The summed E-state index contributed by atoms with van der Waals surface area (Å²) in [6.07, 6.45) is 0. The van der Waals surface area contributed by atoms with Crippen molar-refractivity contribution >= 4 is 23.4 Å². The molecule has 29 heavy (non-hydrogen) atoms. The van der Waals surface area contributed by atoms with Crippen LogP contribution in [0, 0.1) is 0 Å². The summed E-state index contributed by atoms with van der Waals surface area (Å²) in [6, 6.07) is 12.6. The average Bonchev–Trinajstić information content (AvgIpc) is 3.12. The summed E-state index contributed by atoms with van der Waals surface area (Å²) in [6.45, 7) is 1.01. The third kappa shape index (κ3) is 4.21. The van der Waals surface area contributed by atoms with Crippen molar-refractivity contribution in [2.75, 3.05) is 37.2 Å². The summed E-state index contributed by atoms with van der Waals surface area (Å²) >= 11 is 1.20. The molecule has 9 nitrogen and oxygen atoms in total. The van der Waals surface area contributed by atoms with Gasteiger partial charge in [0, 0.05) is 17.3 Å². The first-order chi connectivity index (χ1) is 14.1. The molecule has 0 saturated heterocycles. The molecular weight excluding hydrogens is 394 g/mol. The Morgan fingerprint density at radius 3 is 2.69 bits per heavy atom. The number of carbonyl (C=O) groups excluding carboxylic acids is 1. The highest BCUT2D eigenvalue weighted by atomic mass is 32.2. The molecule has 150 valence electrons. The van der Waals surface area contributed by atoms with E-state index in [1.165, 1.54) is 16.4 Å². The van der Waals surface area contributed by atoms with Crippen LogP contribution >= 0.6 is 11.8 Å². The number of nitrogens with one attached hydrogen (secondary N) is 1. The zero-order valence-corrected chi connectivity index (χ0v) is 16.4. The van der Waals surface area contributed by atoms with Crippen molar-refractivity contribution in [3.8, 4) is 28.6 Å². The molecule has 0 aliphatic carbocycles. The van der Waals surface area contributed by atoms with Gasteiger partial charge in [-0.3, -0.25) is 4.79 Å². The van der Waals surface area contributed by atoms with Crippen LogP contribution in [-0.4, -0.2) is 46.9 Å². The van der Waals surface area contributed by atoms with Crippen molar-refractivity contribution in [3.05, 3.63) is 42.5 Å². The van der Waals surface area contributed by atoms with Gasteiger partial charge in [0.05, 0.1) is 12.9 Å². The van der Waals surface area contributed by atoms with Crippen LogP contribution < -0.4 is 25.4 Å². The molecule has 0 radical (unpaired) electrons. The lowest BCUT2D eigenvalue weighted by Gasteiger charge is -2.18. The van der Waals surface area contributed by atoms with Crippen LogP contribution in [0.1, 0.15) is 0 Å². The van der Waals surface area contributed by atoms with Gasteiger partial charge in [0.2, 0.25) is 11.1 Å². The van der Waals surface area contributed by atoms with Crippen molar-refractivity contribution in [1.29, 1.82) is 0 Å². The highest BCUT2D eigenvalue weighted by molar-refractivity contribution is 7.99. The number of ether oxygens (including phenoxy) is 3. The number of thioether (sulfide) groups is 1. The number of rotatable bonds is 6. The Bertz CT molecular complexity index is 1020. The number of benzene rings is 2. The van der Waals surface area contributed by atoms with E-state index < -0.39 is 0 Å². The number of hydrogen-bond acceptors (Lipinski definition) is 8. The fraction of sp³-hybridized carbons (Fsp3) is 0.211. The molecule has 0 atom stereocenters. The van der Waals surface area contributed by atoms with Crippen LogP contribution in [0.3, 0.4) is 0 Å². The number of hydrogen-bond donors (Lipinski definition) is 2. The van der Waals surface area contributed by atoms with Gasteiger partial charge in [-0.15, -0.1) is 10.2 Å². The highest BCUT2D eigenvalue weighted by Gasteiger charge is 2.15. The van der Waals surface area contributed by atoms with Gasteiger partial charge < -0.3 is 25.4 Å². The number of nitrogen functional groups attached to an aromatic ring is 1. The standard InChI is InChI=1S/C19H19N5O4S/c1-26-14-5-2-12(3-6-14)18-22-23-19(24(18)20)29-11-17(25)21-13-4-7-15-16(10-13)28-9-8-27-15/h2-7,10H,8-9,11,20H2,1H3,(H,21,25). The Kier molecular flexibility index (Phi) is 5.43. The summed E-state index contributed by atoms with van der Waals surface area (Å²) in [5, 5.41) is 11.5. The summed E-state index contributed by atoms with van der Waals surface area (Å²) in [4.78, 5) is 12.3. The Labute approximate surface area is 171 Å². The molecule has 1 aliphatic heterocycles. The van der Waals surface area contributed by atoms with Crippen LogP contribution in [0.2, 0.25) is 0 Å². The Morgan fingerprint density at radius 2 is 1.93 bits per heavy atom. The molecule has 0 fully saturated rings. The summed E-state index contributed by atoms with van der Waals surface area (Å²) in [5.41, 5.74) is 1.43. The van der Waals surface area contributed by atoms with Gasteiger partial charge in [0.25, 0.3) is 0 Å². The van der Waals surface area contributed by atoms with Gasteiger partial charge >= 0.3 is 0 Å². The molecule has 0 saturated carbocycles. The van der Waals surface area contributed by atoms with Crippen molar-refractivity contribution in [3.63, 3.8) is 0 Å². The second-order valence-electron chi connectivity index (χ2n) is 6.10. The van der Waals surface area contributed by atoms with E-state index in [2.05, 4.69) is 15.5 Å². The molecule has 3 N–H and O–H groups in total.